The monoisotopic (exact) mass is 342 g/mol. The molecule has 7 heteroatoms. The molecule has 0 bridgehead atoms. The summed E-state index contributed by atoms with van der Waals surface area (Å²) in [7, 11) is 1.50. The SMILES string of the molecule is COc1ccccc1N1C(=O)/C(=C\c2ccc(C)o2)C(=O)NC1=S. The summed E-state index contributed by atoms with van der Waals surface area (Å²) in [4.78, 5) is 26.2. The van der Waals surface area contributed by atoms with E-state index >= 15 is 0 Å². The second kappa shape index (κ2) is 6.29. The van der Waals surface area contributed by atoms with E-state index in [-0.39, 0.29) is 10.7 Å². The van der Waals surface area contributed by atoms with Crippen molar-refractivity contribution in [3.63, 3.8) is 0 Å². The lowest BCUT2D eigenvalue weighted by atomic mass is 10.1. The number of furan rings is 1. The Morgan fingerprint density at radius 1 is 1.21 bits per heavy atom. The fraction of sp³-hybridized carbons (Fsp3) is 0.118. The van der Waals surface area contributed by atoms with E-state index in [2.05, 4.69) is 5.32 Å². The van der Waals surface area contributed by atoms with Gasteiger partial charge in [-0.3, -0.25) is 14.9 Å². The van der Waals surface area contributed by atoms with E-state index in [9.17, 15) is 9.59 Å². The predicted molar refractivity (Wildman–Crippen MR) is 92.6 cm³/mol. The summed E-state index contributed by atoms with van der Waals surface area (Å²) in [5.41, 5.74) is 0.389. The molecule has 1 aromatic heterocycles. The standard InChI is InChI=1S/C17H14N2O4S/c1-10-7-8-11(23-10)9-12-15(20)18-17(24)19(16(12)21)13-5-3-4-6-14(13)22-2/h3-9H,1-2H3,(H,18,20,24)/b12-9-. The van der Waals surface area contributed by atoms with Crippen LogP contribution in [0.1, 0.15) is 11.5 Å². The zero-order valence-corrected chi connectivity index (χ0v) is 13.8. The molecule has 0 aliphatic carbocycles. The van der Waals surface area contributed by atoms with Gasteiger partial charge in [-0.25, -0.2) is 4.90 Å². The number of rotatable bonds is 3. The number of nitrogens with zero attached hydrogens (tertiary/aromatic N) is 1. The Bertz CT molecular complexity index is 869. The maximum absolute atomic E-state index is 12.8. The number of methoxy groups -OCH3 is 1. The molecule has 0 atom stereocenters. The van der Waals surface area contributed by atoms with Crippen LogP contribution in [-0.2, 0) is 9.59 Å². The first-order valence-electron chi connectivity index (χ1n) is 7.12. The van der Waals surface area contributed by atoms with Crippen LogP contribution in [0.2, 0.25) is 0 Å². The molecule has 1 saturated heterocycles. The van der Waals surface area contributed by atoms with E-state index in [1.807, 2.05) is 0 Å². The predicted octanol–water partition coefficient (Wildman–Crippen LogP) is 2.43. The zero-order chi connectivity index (χ0) is 17.3. The molecule has 1 N–H and O–H groups in total. The van der Waals surface area contributed by atoms with E-state index < -0.39 is 11.8 Å². The van der Waals surface area contributed by atoms with Gasteiger partial charge in [-0.15, -0.1) is 0 Å². The molecule has 6 nitrogen and oxygen atoms in total. The number of hydrogen-bond acceptors (Lipinski definition) is 5. The van der Waals surface area contributed by atoms with E-state index in [4.69, 9.17) is 21.4 Å². The fourth-order valence-corrected chi connectivity index (χ4v) is 2.64. The Kier molecular flexibility index (Phi) is 4.18. The number of nitrogens with one attached hydrogen (secondary N) is 1. The molecule has 1 fully saturated rings. The number of hydrogen-bond donors (Lipinski definition) is 1. The van der Waals surface area contributed by atoms with Gasteiger partial charge in [-0.2, -0.15) is 0 Å². The number of amides is 2. The topological polar surface area (TPSA) is 71.8 Å². The third-order valence-electron chi connectivity index (χ3n) is 3.48. The molecule has 122 valence electrons. The number of thiocarbonyl (C=S) groups is 1. The summed E-state index contributed by atoms with van der Waals surface area (Å²) in [6.07, 6.45) is 1.40. The van der Waals surface area contributed by atoms with Crippen molar-refractivity contribution in [3.05, 3.63) is 53.5 Å². The van der Waals surface area contributed by atoms with E-state index in [1.54, 1.807) is 43.3 Å². The number of carbonyl (C=O) groups is 2. The summed E-state index contributed by atoms with van der Waals surface area (Å²) in [6.45, 7) is 1.78. The van der Waals surface area contributed by atoms with Gasteiger partial charge in [0, 0.05) is 0 Å². The van der Waals surface area contributed by atoms with E-state index in [1.165, 1.54) is 18.1 Å². The molecule has 2 aromatic rings. The van der Waals surface area contributed by atoms with Crippen molar-refractivity contribution in [1.29, 1.82) is 0 Å². The minimum atomic E-state index is -0.565. The summed E-state index contributed by atoms with van der Waals surface area (Å²) < 4.78 is 10.7. The van der Waals surface area contributed by atoms with Crippen LogP contribution in [0.25, 0.3) is 6.08 Å². The number of anilines is 1. The van der Waals surface area contributed by atoms with Crippen molar-refractivity contribution < 1.29 is 18.7 Å². The van der Waals surface area contributed by atoms with E-state index in [0.717, 1.165) is 0 Å². The molecule has 0 radical (unpaired) electrons. The smallest absolute Gasteiger partial charge is 0.270 e. The Morgan fingerprint density at radius 2 is 1.96 bits per heavy atom. The number of carbonyl (C=O) groups excluding carboxylic acids is 2. The largest absolute Gasteiger partial charge is 0.495 e. The summed E-state index contributed by atoms with van der Waals surface area (Å²) in [5, 5.41) is 2.52. The Morgan fingerprint density at radius 3 is 2.62 bits per heavy atom. The minimum absolute atomic E-state index is 0.00211. The highest BCUT2D eigenvalue weighted by atomic mass is 32.1. The van der Waals surface area contributed by atoms with Gasteiger partial charge in [-0.1, -0.05) is 12.1 Å². The van der Waals surface area contributed by atoms with Crippen LogP contribution in [0.15, 0.2) is 46.4 Å². The van der Waals surface area contributed by atoms with Crippen molar-refractivity contribution in [1.82, 2.24) is 5.32 Å². The van der Waals surface area contributed by atoms with Crippen LogP contribution in [0, 0.1) is 6.92 Å². The summed E-state index contributed by atoms with van der Waals surface area (Å²) in [5.74, 6) is 0.464. The fourth-order valence-electron chi connectivity index (χ4n) is 2.36. The van der Waals surface area contributed by atoms with Gasteiger partial charge in [-0.05, 0) is 49.5 Å². The van der Waals surface area contributed by atoms with Gasteiger partial charge in [0.05, 0.1) is 12.8 Å². The van der Waals surface area contributed by atoms with Gasteiger partial charge < -0.3 is 9.15 Å². The molecule has 0 saturated carbocycles. The van der Waals surface area contributed by atoms with Crippen LogP contribution in [-0.4, -0.2) is 24.0 Å². The molecule has 0 unspecified atom stereocenters. The molecular weight excluding hydrogens is 328 g/mol. The van der Waals surface area contributed by atoms with Gasteiger partial charge in [0.1, 0.15) is 22.8 Å². The Labute approximate surface area is 143 Å². The molecular formula is C17H14N2O4S. The lowest BCUT2D eigenvalue weighted by Gasteiger charge is -2.29. The van der Waals surface area contributed by atoms with Crippen molar-refractivity contribution >= 4 is 40.9 Å². The highest BCUT2D eigenvalue weighted by Crippen LogP contribution is 2.30. The lowest BCUT2D eigenvalue weighted by Crippen LogP contribution is -2.54. The summed E-state index contributed by atoms with van der Waals surface area (Å²) >= 11 is 5.16. The second-order valence-corrected chi connectivity index (χ2v) is 5.46. The molecule has 2 heterocycles. The average Bonchev–Trinajstić information content (AvgIpc) is 2.97. The van der Waals surface area contributed by atoms with Gasteiger partial charge in [0.25, 0.3) is 11.8 Å². The van der Waals surface area contributed by atoms with Crippen LogP contribution < -0.4 is 15.0 Å². The molecule has 0 spiro atoms. The molecule has 1 aromatic carbocycles. The van der Waals surface area contributed by atoms with Crippen LogP contribution in [0.4, 0.5) is 5.69 Å². The normalized spacial score (nSPS) is 16.5. The maximum atomic E-state index is 12.8. The van der Waals surface area contributed by atoms with Crippen molar-refractivity contribution in [2.75, 3.05) is 12.0 Å². The first-order valence-corrected chi connectivity index (χ1v) is 7.53. The number of para-hydroxylation sites is 2. The first kappa shape index (κ1) is 15.9. The zero-order valence-electron chi connectivity index (χ0n) is 13.0. The highest BCUT2D eigenvalue weighted by Gasteiger charge is 2.35. The van der Waals surface area contributed by atoms with Crippen molar-refractivity contribution in [3.8, 4) is 5.75 Å². The number of aryl methyl sites for hydroxylation is 1. The average molecular weight is 342 g/mol. The Hall–Kier alpha value is -2.93. The van der Waals surface area contributed by atoms with Gasteiger partial charge >= 0.3 is 0 Å². The molecule has 2 amide bonds. The third-order valence-corrected chi connectivity index (χ3v) is 3.76. The Balaban J connectivity index is 2.05. The maximum Gasteiger partial charge on any atom is 0.270 e. The van der Waals surface area contributed by atoms with Gasteiger partial charge in [0.2, 0.25) is 0 Å². The molecule has 3 rings (SSSR count). The van der Waals surface area contributed by atoms with Gasteiger partial charge in [0.15, 0.2) is 5.11 Å². The lowest BCUT2D eigenvalue weighted by molar-refractivity contribution is -0.122. The molecule has 1 aliphatic heterocycles. The number of ether oxygens (including phenoxy) is 1. The highest BCUT2D eigenvalue weighted by molar-refractivity contribution is 7.80. The van der Waals surface area contributed by atoms with Crippen molar-refractivity contribution in [2.45, 2.75) is 6.92 Å². The second-order valence-electron chi connectivity index (χ2n) is 5.08. The first-order chi connectivity index (χ1) is 11.5. The van der Waals surface area contributed by atoms with Crippen molar-refractivity contribution in [2.24, 2.45) is 0 Å². The minimum Gasteiger partial charge on any atom is -0.495 e. The molecule has 1 aliphatic rings. The third kappa shape index (κ3) is 2.81. The summed E-state index contributed by atoms with van der Waals surface area (Å²) in [6, 6.07) is 10.4. The van der Waals surface area contributed by atoms with Crippen LogP contribution in [0.5, 0.6) is 5.75 Å². The quantitative estimate of drug-likeness (QED) is 0.527. The van der Waals surface area contributed by atoms with E-state index in [0.29, 0.717) is 23.0 Å². The molecule has 24 heavy (non-hydrogen) atoms. The van der Waals surface area contributed by atoms with Crippen LogP contribution in [0.3, 0.4) is 0 Å². The van der Waals surface area contributed by atoms with Crippen LogP contribution >= 0.6 is 12.2 Å². The number of benzene rings is 1.